The quantitative estimate of drug-likeness (QED) is 0.830. The number of aromatic nitrogens is 2. The molecule has 0 unspecified atom stereocenters. The number of amides is 1. The SMILES string of the molecule is CC(=O)c1ncc(COC(=O)N2CCCCC2)[nH]1. The minimum Gasteiger partial charge on any atom is -0.443 e. The third-order valence-corrected chi connectivity index (χ3v) is 2.93. The molecule has 1 aliphatic rings. The Bertz CT molecular complexity index is 436. The molecule has 2 rings (SSSR count). The van der Waals surface area contributed by atoms with Crippen molar-refractivity contribution < 1.29 is 14.3 Å². The van der Waals surface area contributed by atoms with Gasteiger partial charge in [0.15, 0.2) is 11.6 Å². The highest BCUT2D eigenvalue weighted by Gasteiger charge is 2.17. The lowest BCUT2D eigenvalue weighted by molar-refractivity contribution is 0.0885. The van der Waals surface area contributed by atoms with Crippen LogP contribution in [0.5, 0.6) is 0 Å². The maximum absolute atomic E-state index is 11.7. The van der Waals surface area contributed by atoms with Crippen LogP contribution in [-0.4, -0.2) is 39.8 Å². The average molecular weight is 251 g/mol. The predicted octanol–water partition coefficient (Wildman–Crippen LogP) is 1.73. The van der Waals surface area contributed by atoms with Crippen LogP contribution in [0.15, 0.2) is 6.20 Å². The fourth-order valence-electron chi connectivity index (χ4n) is 1.92. The Hall–Kier alpha value is -1.85. The van der Waals surface area contributed by atoms with E-state index in [2.05, 4.69) is 9.97 Å². The molecule has 1 N–H and O–H groups in total. The van der Waals surface area contributed by atoms with Gasteiger partial charge in [-0.1, -0.05) is 0 Å². The number of Topliss-reactive ketones (excluding diaryl/α,β-unsaturated/α-hetero) is 1. The summed E-state index contributed by atoms with van der Waals surface area (Å²) in [7, 11) is 0. The van der Waals surface area contributed by atoms with Crippen molar-refractivity contribution in [3.8, 4) is 0 Å². The molecule has 0 spiro atoms. The van der Waals surface area contributed by atoms with Gasteiger partial charge in [-0.3, -0.25) is 4.79 Å². The molecule has 1 fully saturated rings. The van der Waals surface area contributed by atoms with Gasteiger partial charge in [-0.15, -0.1) is 0 Å². The van der Waals surface area contributed by atoms with E-state index in [9.17, 15) is 9.59 Å². The molecule has 1 saturated heterocycles. The number of piperidine rings is 1. The van der Waals surface area contributed by atoms with E-state index in [1.807, 2.05) is 0 Å². The van der Waals surface area contributed by atoms with Gasteiger partial charge < -0.3 is 14.6 Å². The molecule has 18 heavy (non-hydrogen) atoms. The molecule has 6 heteroatoms. The van der Waals surface area contributed by atoms with E-state index in [0.29, 0.717) is 11.5 Å². The minimum absolute atomic E-state index is 0.121. The maximum Gasteiger partial charge on any atom is 0.410 e. The van der Waals surface area contributed by atoms with Crippen molar-refractivity contribution in [3.63, 3.8) is 0 Å². The van der Waals surface area contributed by atoms with Crippen LogP contribution in [0, 0.1) is 0 Å². The lowest BCUT2D eigenvalue weighted by Crippen LogP contribution is -2.35. The third-order valence-electron chi connectivity index (χ3n) is 2.93. The number of hydrogen-bond acceptors (Lipinski definition) is 4. The van der Waals surface area contributed by atoms with Gasteiger partial charge in [0.25, 0.3) is 0 Å². The van der Waals surface area contributed by atoms with Crippen LogP contribution >= 0.6 is 0 Å². The summed E-state index contributed by atoms with van der Waals surface area (Å²) in [6.45, 7) is 3.08. The lowest BCUT2D eigenvalue weighted by atomic mass is 10.1. The number of carbonyl (C=O) groups excluding carboxylic acids is 2. The van der Waals surface area contributed by atoms with E-state index >= 15 is 0 Å². The molecule has 1 aromatic rings. The van der Waals surface area contributed by atoms with E-state index in [4.69, 9.17) is 4.74 Å². The summed E-state index contributed by atoms with van der Waals surface area (Å²) < 4.78 is 5.17. The van der Waals surface area contributed by atoms with Crippen LogP contribution in [0.4, 0.5) is 4.79 Å². The maximum atomic E-state index is 11.7. The molecule has 0 aromatic carbocycles. The fourth-order valence-corrected chi connectivity index (χ4v) is 1.92. The molecular weight excluding hydrogens is 234 g/mol. The molecule has 0 bridgehead atoms. The monoisotopic (exact) mass is 251 g/mol. The number of nitrogens with one attached hydrogen (secondary N) is 1. The Morgan fingerprint density at radius 1 is 1.39 bits per heavy atom. The van der Waals surface area contributed by atoms with E-state index < -0.39 is 0 Å². The van der Waals surface area contributed by atoms with Crippen molar-refractivity contribution in [2.45, 2.75) is 32.8 Å². The zero-order chi connectivity index (χ0) is 13.0. The number of imidazole rings is 1. The molecule has 1 amide bonds. The van der Waals surface area contributed by atoms with Crippen LogP contribution in [0.1, 0.15) is 42.5 Å². The standard InChI is InChI=1S/C12H17N3O3/c1-9(16)11-13-7-10(14-11)8-18-12(17)15-5-3-2-4-6-15/h7H,2-6,8H2,1H3,(H,13,14). The summed E-state index contributed by atoms with van der Waals surface area (Å²) in [6.07, 6.45) is 4.46. The van der Waals surface area contributed by atoms with E-state index in [1.165, 1.54) is 19.5 Å². The second-order valence-electron chi connectivity index (χ2n) is 4.42. The lowest BCUT2D eigenvalue weighted by Gasteiger charge is -2.25. The summed E-state index contributed by atoms with van der Waals surface area (Å²) in [6, 6.07) is 0. The van der Waals surface area contributed by atoms with Crippen molar-refractivity contribution in [2.75, 3.05) is 13.1 Å². The van der Waals surface area contributed by atoms with Crippen molar-refractivity contribution in [3.05, 3.63) is 17.7 Å². The second-order valence-corrected chi connectivity index (χ2v) is 4.42. The highest BCUT2D eigenvalue weighted by atomic mass is 16.6. The van der Waals surface area contributed by atoms with Crippen molar-refractivity contribution >= 4 is 11.9 Å². The topological polar surface area (TPSA) is 75.3 Å². The second kappa shape index (κ2) is 5.66. The van der Waals surface area contributed by atoms with Crippen molar-refractivity contribution in [2.24, 2.45) is 0 Å². The summed E-state index contributed by atoms with van der Waals surface area (Å²) in [5, 5.41) is 0. The number of hydrogen-bond donors (Lipinski definition) is 1. The van der Waals surface area contributed by atoms with Crippen LogP contribution < -0.4 is 0 Å². The Kier molecular flexibility index (Phi) is 3.96. The minimum atomic E-state index is -0.298. The Balaban J connectivity index is 1.82. The molecule has 0 aliphatic carbocycles. The molecule has 6 nitrogen and oxygen atoms in total. The van der Waals surface area contributed by atoms with Gasteiger partial charge in [0.05, 0.1) is 11.9 Å². The molecule has 0 atom stereocenters. The Labute approximate surface area is 105 Å². The number of ether oxygens (including phenoxy) is 1. The first-order valence-corrected chi connectivity index (χ1v) is 6.13. The zero-order valence-electron chi connectivity index (χ0n) is 10.4. The number of nitrogens with zero attached hydrogens (tertiary/aromatic N) is 2. The smallest absolute Gasteiger partial charge is 0.410 e. The van der Waals surface area contributed by atoms with E-state index in [0.717, 1.165) is 25.9 Å². The highest BCUT2D eigenvalue weighted by molar-refractivity contribution is 5.90. The summed E-state index contributed by atoms with van der Waals surface area (Å²) in [5.74, 6) is 0.155. The number of H-pyrrole nitrogens is 1. The molecule has 2 heterocycles. The first kappa shape index (κ1) is 12.6. The number of ketones is 1. The van der Waals surface area contributed by atoms with Gasteiger partial charge in [0, 0.05) is 20.0 Å². The van der Waals surface area contributed by atoms with Gasteiger partial charge in [-0.2, -0.15) is 0 Å². The molecule has 0 radical (unpaired) electrons. The van der Waals surface area contributed by atoms with Crippen molar-refractivity contribution in [1.82, 2.24) is 14.9 Å². The van der Waals surface area contributed by atoms with Gasteiger partial charge in [0.1, 0.15) is 6.61 Å². The number of carbonyl (C=O) groups is 2. The van der Waals surface area contributed by atoms with Gasteiger partial charge >= 0.3 is 6.09 Å². The molecule has 0 saturated carbocycles. The highest BCUT2D eigenvalue weighted by Crippen LogP contribution is 2.10. The van der Waals surface area contributed by atoms with Crippen LogP contribution in [0.25, 0.3) is 0 Å². The molecule has 1 aromatic heterocycles. The molecular formula is C12H17N3O3. The van der Waals surface area contributed by atoms with E-state index in [1.54, 1.807) is 4.90 Å². The first-order valence-electron chi connectivity index (χ1n) is 6.13. The molecule has 1 aliphatic heterocycles. The van der Waals surface area contributed by atoms with Gasteiger partial charge in [-0.25, -0.2) is 9.78 Å². The largest absolute Gasteiger partial charge is 0.443 e. The summed E-state index contributed by atoms with van der Waals surface area (Å²) in [4.78, 5) is 31.2. The number of rotatable bonds is 3. The van der Waals surface area contributed by atoms with Crippen LogP contribution in [0.2, 0.25) is 0 Å². The van der Waals surface area contributed by atoms with Gasteiger partial charge in [0.2, 0.25) is 0 Å². The third kappa shape index (κ3) is 3.09. The van der Waals surface area contributed by atoms with Gasteiger partial charge in [-0.05, 0) is 19.3 Å². The average Bonchev–Trinajstić information content (AvgIpc) is 2.86. The number of aromatic amines is 1. The van der Waals surface area contributed by atoms with Crippen molar-refractivity contribution in [1.29, 1.82) is 0 Å². The number of likely N-dealkylation sites (tertiary alicyclic amines) is 1. The van der Waals surface area contributed by atoms with Crippen LogP contribution in [0.3, 0.4) is 0 Å². The summed E-state index contributed by atoms with van der Waals surface area (Å²) >= 11 is 0. The Morgan fingerprint density at radius 3 is 2.72 bits per heavy atom. The van der Waals surface area contributed by atoms with Crippen LogP contribution in [-0.2, 0) is 11.3 Å². The normalized spacial score (nSPS) is 15.5. The predicted molar refractivity (Wildman–Crippen MR) is 64.2 cm³/mol. The summed E-state index contributed by atoms with van der Waals surface area (Å²) in [5.41, 5.74) is 0.630. The Morgan fingerprint density at radius 2 is 2.11 bits per heavy atom. The fraction of sp³-hybridized carbons (Fsp3) is 0.583. The van der Waals surface area contributed by atoms with E-state index in [-0.39, 0.29) is 18.5 Å². The zero-order valence-corrected chi connectivity index (χ0v) is 10.4. The first-order chi connectivity index (χ1) is 8.66. The molecule has 98 valence electrons.